The normalized spacial score (nSPS) is 22.8. The molecule has 236 valence electrons. The van der Waals surface area contributed by atoms with E-state index in [0.29, 0.717) is 24.3 Å². The SMILES string of the molecule is CCN1CCN(C(=O)NC(C(=O)N[C@@H]2C(=O)N3[C@@H]2SC(C)(C)[C@@H]3C(=O)O)c2ccccc2)C(=O)C1=O.O=C(O)/C=C\C(=O)O. The van der Waals surface area contributed by atoms with Crippen molar-refractivity contribution in [3.05, 3.63) is 48.0 Å². The summed E-state index contributed by atoms with van der Waals surface area (Å²) in [6.07, 6.45) is 1.12. The van der Waals surface area contributed by atoms with E-state index in [4.69, 9.17) is 10.2 Å². The summed E-state index contributed by atoms with van der Waals surface area (Å²) in [5.41, 5.74) is 0.403. The maximum Gasteiger partial charge on any atom is 0.328 e. The number of hydrogen-bond donors (Lipinski definition) is 5. The van der Waals surface area contributed by atoms with Crippen molar-refractivity contribution in [3.8, 4) is 0 Å². The Morgan fingerprint density at radius 3 is 2.09 bits per heavy atom. The zero-order valence-corrected chi connectivity index (χ0v) is 24.6. The number of carboxylic acid groups (broad SMARTS) is 3. The smallest absolute Gasteiger partial charge is 0.328 e. The summed E-state index contributed by atoms with van der Waals surface area (Å²) in [7, 11) is 0. The summed E-state index contributed by atoms with van der Waals surface area (Å²) in [6.45, 7) is 5.67. The number of nitrogens with zero attached hydrogens (tertiary/aromatic N) is 3. The van der Waals surface area contributed by atoms with Crippen LogP contribution < -0.4 is 10.6 Å². The summed E-state index contributed by atoms with van der Waals surface area (Å²) in [4.78, 5) is 97.9. The number of β-lactam (4-membered cyclic amide) rings is 1. The molecule has 17 heteroatoms. The molecule has 0 aliphatic carbocycles. The highest BCUT2D eigenvalue weighted by Gasteiger charge is 2.64. The van der Waals surface area contributed by atoms with Crippen LogP contribution in [0.4, 0.5) is 4.79 Å². The number of aliphatic carboxylic acids is 3. The first-order chi connectivity index (χ1) is 20.6. The number of hydrogen-bond acceptors (Lipinski definition) is 9. The zero-order chi connectivity index (χ0) is 32.9. The highest BCUT2D eigenvalue weighted by Crippen LogP contribution is 2.50. The summed E-state index contributed by atoms with van der Waals surface area (Å²) in [6, 6.07) is 4.11. The molecule has 1 aromatic rings. The Bertz CT molecular complexity index is 1380. The number of rotatable bonds is 8. The fourth-order valence-corrected chi connectivity index (χ4v) is 6.47. The van der Waals surface area contributed by atoms with Crippen molar-refractivity contribution in [3.63, 3.8) is 0 Å². The van der Waals surface area contributed by atoms with Gasteiger partial charge in [-0.1, -0.05) is 30.3 Å². The van der Waals surface area contributed by atoms with Crippen molar-refractivity contribution in [1.29, 1.82) is 0 Å². The van der Waals surface area contributed by atoms with Crippen LogP contribution in [0.1, 0.15) is 32.4 Å². The average molecular weight is 634 g/mol. The summed E-state index contributed by atoms with van der Waals surface area (Å²) in [5, 5.41) is 29.8. The van der Waals surface area contributed by atoms with Gasteiger partial charge in [0.25, 0.3) is 0 Å². The Labute approximate surface area is 255 Å². The second kappa shape index (κ2) is 13.6. The third-order valence-electron chi connectivity index (χ3n) is 6.94. The number of likely N-dealkylation sites (N-methyl/N-ethyl adjacent to an activating group) is 1. The van der Waals surface area contributed by atoms with Crippen LogP contribution in [0, 0.1) is 0 Å². The summed E-state index contributed by atoms with van der Waals surface area (Å²) in [5.74, 6) is -6.63. The molecular formula is C27H31N5O11S. The second-order valence-electron chi connectivity index (χ2n) is 10.2. The van der Waals surface area contributed by atoms with E-state index in [0.717, 1.165) is 4.90 Å². The van der Waals surface area contributed by atoms with Crippen LogP contribution >= 0.6 is 11.8 Å². The Hall–Kier alpha value is -4.93. The maximum absolute atomic E-state index is 13.3. The van der Waals surface area contributed by atoms with Crippen LogP contribution in [-0.4, -0.2) is 119 Å². The first-order valence-electron chi connectivity index (χ1n) is 13.2. The fraction of sp³-hybridized carbons (Fsp3) is 0.407. The maximum atomic E-state index is 13.3. The summed E-state index contributed by atoms with van der Waals surface area (Å²) >= 11 is 1.28. The molecule has 5 N–H and O–H groups in total. The van der Waals surface area contributed by atoms with Gasteiger partial charge >= 0.3 is 35.8 Å². The molecule has 3 aliphatic heterocycles. The van der Waals surface area contributed by atoms with Crippen LogP contribution in [0.3, 0.4) is 0 Å². The number of thioether (sulfide) groups is 1. The van der Waals surface area contributed by atoms with E-state index in [1.165, 1.54) is 21.6 Å². The molecule has 1 unspecified atom stereocenters. The van der Waals surface area contributed by atoms with Crippen molar-refractivity contribution < 1.29 is 53.7 Å². The highest BCUT2D eigenvalue weighted by atomic mass is 32.2. The lowest BCUT2D eigenvalue weighted by atomic mass is 9.95. The number of nitrogens with one attached hydrogen (secondary N) is 2. The minimum atomic E-state index is -1.26. The van der Waals surface area contributed by atoms with Crippen molar-refractivity contribution >= 4 is 59.3 Å². The molecule has 4 atom stereocenters. The monoisotopic (exact) mass is 633 g/mol. The van der Waals surface area contributed by atoms with E-state index in [1.54, 1.807) is 51.1 Å². The number of fused-ring (bicyclic) bond motifs is 1. The van der Waals surface area contributed by atoms with Gasteiger partial charge in [-0.05, 0) is 26.3 Å². The minimum absolute atomic E-state index is 0.0200. The van der Waals surface area contributed by atoms with Gasteiger partial charge in [0.15, 0.2) is 0 Å². The van der Waals surface area contributed by atoms with Gasteiger partial charge in [-0.3, -0.25) is 24.1 Å². The third kappa shape index (κ3) is 7.16. The van der Waals surface area contributed by atoms with Crippen molar-refractivity contribution in [2.75, 3.05) is 19.6 Å². The number of carbonyl (C=O) groups is 8. The largest absolute Gasteiger partial charge is 0.480 e. The number of urea groups is 1. The second-order valence-corrected chi connectivity index (χ2v) is 12.0. The topological polar surface area (TPSA) is 231 Å². The first kappa shape index (κ1) is 33.6. The van der Waals surface area contributed by atoms with Gasteiger partial charge in [-0.15, -0.1) is 11.8 Å². The zero-order valence-electron chi connectivity index (χ0n) is 23.8. The molecule has 0 aromatic heterocycles. The molecule has 3 heterocycles. The highest BCUT2D eigenvalue weighted by molar-refractivity contribution is 8.01. The van der Waals surface area contributed by atoms with Gasteiger partial charge in [-0.2, -0.15) is 0 Å². The van der Waals surface area contributed by atoms with Gasteiger partial charge < -0.3 is 35.8 Å². The van der Waals surface area contributed by atoms with Gasteiger partial charge in [0.1, 0.15) is 23.5 Å². The number of benzene rings is 1. The number of imide groups is 1. The molecule has 0 bridgehead atoms. The minimum Gasteiger partial charge on any atom is -0.480 e. The quantitative estimate of drug-likeness (QED) is 0.138. The molecule has 3 fully saturated rings. The Morgan fingerprint density at radius 1 is 0.977 bits per heavy atom. The van der Waals surface area contributed by atoms with Crippen LogP contribution in [0.2, 0.25) is 0 Å². The van der Waals surface area contributed by atoms with Gasteiger partial charge in [-0.25, -0.2) is 19.2 Å². The van der Waals surface area contributed by atoms with Gasteiger partial charge in [0, 0.05) is 36.5 Å². The lowest BCUT2D eigenvalue weighted by molar-refractivity contribution is -0.161. The molecule has 0 spiro atoms. The molecular weight excluding hydrogens is 602 g/mol. The van der Waals surface area contributed by atoms with Crippen LogP contribution in [-0.2, 0) is 33.6 Å². The molecule has 0 saturated carbocycles. The standard InChI is InChI=1S/C23H27N5O7S.C4H4O4/c1-4-26-10-11-27(19(32)18(26)31)22(35)25-13(12-8-6-5-7-9-12)16(29)24-14-17(30)28-15(21(33)34)23(2,3)36-20(14)28;5-3(6)1-2-4(7)8/h5-9,13-15,20H,4,10-11H2,1-3H3,(H,24,29)(H,25,35)(H,33,34);1-2H,(H,5,6)(H,7,8)/b;2-1-/t13?,14-,15+,20-;/m1./s1. The predicted molar refractivity (Wildman–Crippen MR) is 152 cm³/mol. The number of piperazine rings is 1. The Kier molecular flexibility index (Phi) is 10.4. The van der Waals surface area contributed by atoms with Crippen molar-refractivity contribution in [2.24, 2.45) is 0 Å². The fourth-order valence-electron chi connectivity index (χ4n) is 4.84. The first-order valence-corrected chi connectivity index (χ1v) is 14.1. The van der Waals surface area contributed by atoms with E-state index in [-0.39, 0.29) is 13.1 Å². The van der Waals surface area contributed by atoms with Gasteiger partial charge in [0.2, 0.25) is 11.8 Å². The third-order valence-corrected chi connectivity index (χ3v) is 8.51. The van der Waals surface area contributed by atoms with E-state index >= 15 is 0 Å². The molecule has 16 nitrogen and oxygen atoms in total. The number of amides is 6. The molecule has 1 aromatic carbocycles. The average Bonchev–Trinajstić information content (AvgIpc) is 3.23. The Balaban J connectivity index is 0.000000583. The van der Waals surface area contributed by atoms with E-state index in [2.05, 4.69) is 10.6 Å². The molecule has 3 saturated heterocycles. The molecule has 3 aliphatic rings. The van der Waals surface area contributed by atoms with Crippen molar-refractivity contribution in [1.82, 2.24) is 25.3 Å². The van der Waals surface area contributed by atoms with Crippen LogP contribution in [0.15, 0.2) is 42.5 Å². The number of carboxylic acids is 3. The van der Waals surface area contributed by atoms with E-state index in [1.807, 2.05) is 0 Å². The predicted octanol–water partition coefficient (Wildman–Crippen LogP) is -0.528. The van der Waals surface area contributed by atoms with Gasteiger partial charge in [0.05, 0.1) is 0 Å². The number of carbonyl (C=O) groups excluding carboxylic acids is 5. The molecule has 6 amide bonds. The van der Waals surface area contributed by atoms with E-state index < -0.39 is 75.8 Å². The lowest BCUT2D eigenvalue weighted by Gasteiger charge is -2.44. The summed E-state index contributed by atoms with van der Waals surface area (Å²) < 4.78 is -0.758. The molecule has 44 heavy (non-hydrogen) atoms. The lowest BCUT2D eigenvalue weighted by Crippen LogP contribution is -2.71. The van der Waals surface area contributed by atoms with E-state index in [9.17, 15) is 43.5 Å². The molecule has 4 rings (SSSR count). The Morgan fingerprint density at radius 2 is 1.57 bits per heavy atom. The van der Waals surface area contributed by atoms with Crippen LogP contribution in [0.25, 0.3) is 0 Å². The molecule has 0 radical (unpaired) electrons. The van der Waals surface area contributed by atoms with Crippen LogP contribution in [0.5, 0.6) is 0 Å². The van der Waals surface area contributed by atoms with Crippen molar-refractivity contribution in [2.45, 2.75) is 49.0 Å².